The van der Waals surface area contributed by atoms with Crippen molar-refractivity contribution in [1.29, 1.82) is 0 Å². The molecule has 19 heavy (non-hydrogen) atoms. The Morgan fingerprint density at radius 1 is 1.47 bits per heavy atom. The van der Waals surface area contributed by atoms with Gasteiger partial charge in [0.25, 0.3) is 5.91 Å². The molecule has 0 saturated heterocycles. The van der Waals surface area contributed by atoms with Gasteiger partial charge in [-0.2, -0.15) is 0 Å². The number of rotatable bonds is 4. The Hall–Kier alpha value is -1.55. The minimum absolute atomic E-state index is 0.0382. The third kappa shape index (κ3) is 3.07. The Morgan fingerprint density at radius 2 is 2.21 bits per heavy atom. The van der Waals surface area contributed by atoms with Crippen LogP contribution in [0, 0.1) is 5.41 Å². The van der Waals surface area contributed by atoms with Gasteiger partial charge in [-0.1, -0.05) is 13.8 Å². The van der Waals surface area contributed by atoms with E-state index in [2.05, 4.69) is 13.8 Å². The van der Waals surface area contributed by atoms with E-state index in [1.54, 1.807) is 4.90 Å². The Labute approximate surface area is 114 Å². The molecule has 1 aliphatic heterocycles. The van der Waals surface area contributed by atoms with Crippen molar-refractivity contribution >= 4 is 5.91 Å². The lowest BCUT2D eigenvalue weighted by molar-refractivity contribution is 0.0740. The van der Waals surface area contributed by atoms with E-state index in [-0.39, 0.29) is 11.3 Å². The van der Waals surface area contributed by atoms with E-state index >= 15 is 0 Å². The fraction of sp³-hybridized carbons (Fsp3) is 0.533. The molecule has 0 aliphatic carbocycles. The van der Waals surface area contributed by atoms with Crippen LogP contribution in [0.4, 0.5) is 0 Å². The zero-order chi connectivity index (χ0) is 14.0. The van der Waals surface area contributed by atoms with Gasteiger partial charge in [0.05, 0.1) is 6.61 Å². The van der Waals surface area contributed by atoms with Gasteiger partial charge in [0.2, 0.25) is 0 Å². The van der Waals surface area contributed by atoms with Crippen LogP contribution in [0.15, 0.2) is 18.2 Å². The first-order chi connectivity index (χ1) is 8.93. The van der Waals surface area contributed by atoms with Crippen LogP contribution in [0.5, 0.6) is 5.75 Å². The second-order valence-electron chi connectivity index (χ2n) is 5.95. The molecule has 1 aromatic carbocycles. The Kier molecular flexibility index (Phi) is 3.80. The summed E-state index contributed by atoms with van der Waals surface area (Å²) in [5, 5.41) is 0. The predicted octanol–water partition coefficient (Wildman–Crippen LogP) is 1.68. The van der Waals surface area contributed by atoms with E-state index in [4.69, 9.17) is 10.5 Å². The van der Waals surface area contributed by atoms with Gasteiger partial charge in [-0.15, -0.1) is 0 Å². The van der Waals surface area contributed by atoms with Crippen LogP contribution in [-0.4, -0.2) is 37.6 Å². The molecule has 0 unspecified atom stereocenters. The first-order valence-electron chi connectivity index (χ1n) is 6.64. The predicted molar refractivity (Wildman–Crippen MR) is 75.4 cm³/mol. The SMILES string of the molecule is CN(CC(C)(C)CN)C(=O)c1ccc2c(c1)CCO2. The van der Waals surface area contributed by atoms with Crippen molar-refractivity contribution in [2.75, 3.05) is 26.7 Å². The fourth-order valence-electron chi connectivity index (χ4n) is 2.32. The van der Waals surface area contributed by atoms with Gasteiger partial charge in [0.1, 0.15) is 5.75 Å². The number of carbonyl (C=O) groups excluding carboxylic acids is 1. The Morgan fingerprint density at radius 3 is 2.89 bits per heavy atom. The van der Waals surface area contributed by atoms with Crippen molar-refractivity contribution in [1.82, 2.24) is 4.90 Å². The Balaban J connectivity index is 2.11. The molecule has 104 valence electrons. The molecule has 2 N–H and O–H groups in total. The highest BCUT2D eigenvalue weighted by Crippen LogP contribution is 2.26. The minimum atomic E-state index is -0.0652. The maximum absolute atomic E-state index is 12.4. The first kappa shape index (κ1) is 13.9. The molecule has 0 spiro atoms. The van der Waals surface area contributed by atoms with Crippen LogP contribution in [0.3, 0.4) is 0 Å². The number of fused-ring (bicyclic) bond motifs is 1. The summed E-state index contributed by atoms with van der Waals surface area (Å²) in [6.07, 6.45) is 0.883. The zero-order valence-electron chi connectivity index (χ0n) is 11.9. The number of ether oxygens (including phenoxy) is 1. The third-order valence-electron chi connectivity index (χ3n) is 3.50. The summed E-state index contributed by atoms with van der Waals surface area (Å²) in [6, 6.07) is 5.66. The van der Waals surface area contributed by atoms with Crippen LogP contribution in [0.25, 0.3) is 0 Å². The van der Waals surface area contributed by atoms with Crippen LogP contribution in [0.2, 0.25) is 0 Å². The average Bonchev–Trinajstić information content (AvgIpc) is 2.84. The van der Waals surface area contributed by atoms with Crippen molar-refractivity contribution in [2.24, 2.45) is 11.1 Å². The quantitative estimate of drug-likeness (QED) is 0.898. The monoisotopic (exact) mass is 262 g/mol. The van der Waals surface area contributed by atoms with Crippen molar-refractivity contribution in [3.05, 3.63) is 29.3 Å². The molecule has 0 fully saturated rings. The lowest BCUT2D eigenvalue weighted by Gasteiger charge is -2.29. The van der Waals surface area contributed by atoms with Crippen LogP contribution in [-0.2, 0) is 6.42 Å². The Bertz CT molecular complexity index is 483. The summed E-state index contributed by atoms with van der Waals surface area (Å²) in [5.41, 5.74) is 7.49. The molecule has 0 aromatic heterocycles. The van der Waals surface area contributed by atoms with Crippen molar-refractivity contribution in [3.8, 4) is 5.75 Å². The molecular formula is C15H22N2O2. The van der Waals surface area contributed by atoms with Gasteiger partial charge in [-0.3, -0.25) is 4.79 Å². The number of benzene rings is 1. The summed E-state index contributed by atoms with van der Waals surface area (Å²) in [4.78, 5) is 14.1. The van der Waals surface area contributed by atoms with Gasteiger partial charge in [0, 0.05) is 25.6 Å². The molecule has 0 atom stereocenters. The lowest BCUT2D eigenvalue weighted by Crippen LogP contribution is -2.39. The minimum Gasteiger partial charge on any atom is -0.493 e. The second-order valence-corrected chi connectivity index (χ2v) is 5.95. The van der Waals surface area contributed by atoms with Crippen molar-refractivity contribution in [3.63, 3.8) is 0 Å². The van der Waals surface area contributed by atoms with E-state index in [0.717, 1.165) is 23.3 Å². The average molecular weight is 262 g/mol. The van der Waals surface area contributed by atoms with Gasteiger partial charge in [-0.25, -0.2) is 0 Å². The fourth-order valence-corrected chi connectivity index (χ4v) is 2.32. The highest BCUT2D eigenvalue weighted by Gasteiger charge is 2.23. The molecule has 0 radical (unpaired) electrons. The number of nitrogens with two attached hydrogens (primary N) is 1. The van der Waals surface area contributed by atoms with E-state index in [9.17, 15) is 4.79 Å². The molecule has 0 bridgehead atoms. The molecule has 1 heterocycles. The number of hydrogen-bond acceptors (Lipinski definition) is 3. The maximum atomic E-state index is 12.4. The van der Waals surface area contributed by atoms with E-state index < -0.39 is 0 Å². The maximum Gasteiger partial charge on any atom is 0.253 e. The summed E-state index contributed by atoms with van der Waals surface area (Å²) in [6.45, 7) is 6.04. The van der Waals surface area contributed by atoms with Crippen molar-refractivity contribution in [2.45, 2.75) is 20.3 Å². The van der Waals surface area contributed by atoms with E-state index in [1.165, 1.54) is 0 Å². The standard InChI is InChI=1S/C15H22N2O2/c1-15(2,9-16)10-17(3)14(18)12-4-5-13-11(8-12)6-7-19-13/h4-5,8H,6-7,9-10,16H2,1-3H3. The summed E-state index contributed by atoms with van der Waals surface area (Å²) >= 11 is 0. The molecule has 1 aromatic rings. The summed E-state index contributed by atoms with van der Waals surface area (Å²) in [7, 11) is 1.82. The number of hydrogen-bond donors (Lipinski definition) is 1. The third-order valence-corrected chi connectivity index (χ3v) is 3.50. The molecule has 0 saturated carbocycles. The highest BCUT2D eigenvalue weighted by atomic mass is 16.5. The number of nitrogens with zero attached hydrogens (tertiary/aromatic N) is 1. The van der Waals surface area contributed by atoms with Crippen LogP contribution in [0.1, 0.15) is 29.8 Å². The zero-order valence-corrected chi connectivity index (χ0v) is 11.9. The van der Waals surface area contributed by atoms with Crippen LogP contribution < -0.4 is 10.5 Å². The topological polar surface area (TPSA) is 55.6 Å². The smallest absolute Gasteiger partial charge is 0.253 e. The lowest BCUT2D eigenvalue weighted by atomic mass is 9.93. The van der Waals surface area contributed by atoms with Gasteiger partial charge in [0.15, 0.2) is 0 Å². The van der Waals surface area contributed by atoms with Gasteiger partial charge < -0.3 is 15.4 Å². The molecule has 1 aliphatic rings. The second kappa shape index (κ2) is 5.21. The van der Waals surface area contributed by atoms with E-state index in [1.807, 2.05) is 25.2 Å². The molecule has 4 nitrogen and oxygen atoms in total. The number of carbonyl (C=O) groups is 1. The highest BCUT2D eigenvalue weighted by molar-refractivity contribution is 5.94. The summed E-state index contributed by atoms with van der Waals surface area (Å²) in [5.74, 6) is 0.942. The normalized spacial score (nSPS) is 13.9. The van der Waals surface area contributed by atoms with E-state index in [0.29, 0.717) is 19.7 Å². The van der Waals surface area contributed by atoms with Gasteiger partial charge in [-0.05, 0) is 35.7 Å². The number of amides is 1. The van der Waals surface area contributed by atoms with Gasteiger partial charge >= 0.3 is 0 Å². The molecule has 2 rings (SSSR count). The van der Waals surface area contributed by atoms with Crippen LogP contribution >= 0.6 is 0 Å². The summed E-state index contributed by atoms with van der Waals surface area (Å²) < 4.78 is 5.45. The molecular weight excluding hydrogens is 240 g/mol. The molecule has 4 heteroatoms. The first-order valence-corrected chi connectivity index (χ1v) is 6.64. The molecule has 1 amide bonds. The largest absolute Gasteiger partial charge is 0.493 e. The van der Waals surface area contributed by atoms with Crippen molar-refractivity contribution < 1.29 is 9.53 Å².